The smallest absolute Gasteiger partial charge is 0.371 e. The van der Waals surface area contributed by atoms with Crippen molar-refractivity contribution in [1.29, 1.82) is 0 Å². The molecule has 2 unspecified atom stereocenters. The van der Waals surface area contributed by atoms with Gasteiger partial charge in [0.15, 0.2) is 0 Å². The van der Waals surface area contributed by atoms with Crippen LogP contribution in [0, 0.1) is 0 Å². The summed E-state index contributed by atoms with van der Waals surface area (Å²) < 4.78 is 5.20. The number of aliphatic hydroxyl groups excluding tert-OH is 2. The lowest BCUT2D eigenvalue weighted by Gasteiger charge is -2.18. The summed E-state index contributed by atoms with van der Waals surface area (Å²) in [5.41, 5.74) is 1.17. The highest BCUT2D eigenvalue weighted by Gasteiger charge is 2.18. The minimum Gasteiger partial charge on any atom is -0.475 e. The van der Waals surface area contributed by atoms with Crippen LogP contribution in [0.15, 0.2) is 40.8 Å². The molecule has 0 radical (unpaired) electrons. The first kappa shape index (κ1) is 17.7. The highest BCUT2D eigenvalue weighted by atomic mass is 16.4. The second-order valence-corrected chi connectivity index (χ2v) is 5.37. The zero-order valence-electron chi connectivity index (χ0n) is 13.1. The van der Waals surface area contributed by atoms with Gasteiger partial charge in [0.1, 0.15) is 11.9 Å². The van der Waals surface area contributed by atoms with E-state index in [-0.39, 0.29) is 24.6 Å². The molecule has 1 amide bonds. The van der Waals surface area contributed by atoms with Gasteiger partial charge in [0.05, 0.1) is 6.10 Å². The molecule has 4 N–H and O–H groups in total. The highest BCUT2D eigenvalue weighted by molar-refractivity contribution is 5.85. The van der Waals surface area contributed by atoms with Crippen molar-refractivity contribution in [2.24, 2.45) is 0 Å². The highest BCUT2D eigenvalue weighted by Crippen LogP contribution is 2.25. The molecule has 2 aromatic rings. The summed E-state index contributed by atoms with van der Waals surface area (Å²) in [7, 11) is 0. The maximum absolute atomic E-state index is 10.8. The zero-order valence-corrected chi connectivity index (χ0v) is 13.1. The van der Waals surface area contributed by atoms with Crippen LogP contribution in [0.2, 0.25) is 0 Å². The summed E-state index contributed by atoms with van der Waals surface area (Å²) in [6.07, 6.45) is -1.87. The summed E-state index contributed by atoms with van der Waals surface area (Å²) in [6, 6.07) is 9.52. The van der Waals surface area contributed by atoms with Crippen LogP contribution in [0.3, 0.4) is 0 Å². The molecule has 7 nitrogen and oxygen atoms in total. The Morgan fingerprint density at radius 1 is 1.12 bits per heavy atom. The van der Waals surface area contributed by atoms with Gasteiger partial charge in [-0.25, -0.2) is 4.79 Å². The van der Waals surface area contributed by atoms with Crippen molar-refractivity contribution >= 4 is 11.9 Å². The third-order valence-corrected chi connectivity index (χ3v) is 3.53. The number of nitrogens with one attached hydrogen (secondary N) is 1. The first-order valence-corrected chi connectivity index (χ1v) is 7.42. The molecule has 1 heterocycles. The molecule has 0 spiro atoms. The average molecular weight is 333 g/mol. The predicted molar refractivity (Wildman–Crippen MR) is 85.4 cm³/mol. The van der Waals surface area contributed by atoms with Gasteiger partial charge in [-0.3, -0.25) is 4.79 Å². The number of rotatable bonds is 7. The summed E-state index contributed by atoms with van der Waals surface area (Å²) in [5.74, 6) is -1.09. The van der Waals surface area contributed by atoms with Gasteiger partial charge in [0.2, 0.25) is 11.7 Å². The lowest BCUT2D eigenvalue weighted by molar-refractivity contribution is -0.119. The van der Waals surface area contributed by atoms with Crippen LogP contribution in [-0.4, -0.2) is 39.8 Å². The number of benzene rings is 1. The fraction of sp³-hybridized carbons (Fsp3) is 0.294. The number of hydrogen-bond donors (Lipinski definition) is 4. The van der Waals surface area contributed by atoms with E-state index in [0.717, 1.165) is 0 Å². The van der Waals surface area contributed by atoms with Crippen LogP contribution >= 0.6 is 0 Å². The van der Waals surface area contributed by atoms with Gasteiger partial charge < -0.3 is 25.1 Å². The van der Waals surface area contributed by atoms with Crippen LogP contribution in [0.25, 0.3) is 11.3 Å². The average Bonchev–Trinajstić information content (AvgIpc) is 3.04. The molecule has 0 saturated carbocycles. The van der Waals surface area contributed by atoms with Crippen LogP contribution in [-0.2, 0) is 4.79 Å². The zero-order chi connectivity index (χ0) is 17.7. The summed E-state index contributed by atoms with van der Waals surface area (Å²) in [6.45, 7) is 1.65. The fourth-order valence-corrected chi connectivity index (χ4v) is 2.23. The van der Waals surface area contributed by atoms with Crippen molar-refractivity contribution in [3.8, 4) is 11.3 Å². The molecule has 7 heteroatoms. The maximum Gasteiger partial charge on any atom is 0.371 e. The number of amides is 1. The topological polar surface area (TPSA) is 120 Å². The molecule has 128 valence electrons. The fourth-order valence-electron chi connectivity index (χ4n) is 2.23. The standard InChI is InChI=1S/C17H19NO6/c1-10(19)18-9-8-13(20)16(21)12-4-2-11(3-5-12)14-6-7-15(24-14)17(22)23/h2-7,13,16,20-21H,8-9H2,1H3,(H,18,19)(H,22,23). The number of aliphatic hydroxyl groups is 2. The number of carbonyl (C=O) groups is 2. The Kier molecular flexibility index (Phi) is 5.73. The first-order valence-electron chi connectivity index (χ1n) is 7.42. The lowest BCUT2D eigenvalue weighted by Crippen LogP contribution is -2.27. The predicted octanol–water partition coefficient (Wildman–Crippen LogP) is 1.57. The number of aromatic carboxylic acids is 1. The molecule has 0 bridgehead atoms. The van der Waals surface area contributed by atoms with Gasteiger partial charge >= 0.3 is 5.97 Å². The van der Waals surface area contributed by atoms with Crippen molar-refractivity contribution in [1.82, 2.24) is 5.32 Å². The van der Waals surface area contributed by atoms with E-state index in [9.17, 15) is 19.8 Å². The summed E-state index contributed by atoms with van der Waals surface area (Å²) in [4.78, 5) is 21.6. The molecule has 0 saturated heterocycles. The molecule has 24 heavy (non-hydrogen) atoms. The lowest BCUT2D eigenvalue weighted by atomic mass is 10.0. The monoisotopic (exact) mass is 333 g/mol. The van der Waals surface area contributed by atoms with E-state index in [1.165, 1.54) is 13.0 Å². The third-order valence-electron chi connectivity index (χ3n) is 3.53. The number of carbonyl (C=O) groups excluding carboxylic acids is 1. The number of carboxylic acid groups (broad SMARTS) is 1. The number of hydrogen-bond acceptors (Lipinski definition) is 5. The molecule has 0 fully saturated rings. The van der Waals surface area contributed by atoms with Crippen LogP contribution in [0.4, 0.5) is 0 Å². The van der Waals surface area contributed by atoms with Crippen LogP contribution in [0.5, 0.6) is 0 Å². The Balaban J connectivity index is 2.02. The largest absolute Gasteiger partial charge is 0.475 e. The number of carboxylic acids is 1. The Labute approximate surface area is 138 Å². The van der Waals surface area contributed by atoms with Gasteiger partial charge in [-0.2, -0.15) is 0 Å². The molecule has 0 aliphatic rings. The molecule has 0 aliphatic carbocycles. The quantitative estimate of drug-likeness (QED) is 0.610. The maximum atomic E-state index is 10.8. The van der Waals surface area contributed by atoms with E-state index < -0.39 is 18.2 Å². The third kappa shape index (κ3) is 4.43. The van der Waals surface area contributed by atoms with E-state index >= 15 is 0 Å². The van der Waals surface area contributed by atoms with E-state index in [1.54, 1.807) is 30.3 Å². The number of furan rings is 1. The minimum atomic E-state index is -1.14. The van der Waals surface area contributed by atoms with E-state index in [2.05, 4.69) is 5.32 Å². The Bertz CT molecular complexity index is 706. The van der Waals surface area contributed by atoms with Gasteiger partial charge in [-0.05, 0) is 24.1 Å². The Morgan fingerprint density at radius 2 is 1.79 bits per heavy atom. The SMILES string of the molecule is CC(=O)NCCC(O)C(O)c1ccc(-c2ccc(C(=O)O)o2)cc1. The van der Waals surface area contributed by atoms with Crippen molar-refractivity contribution in [2.75, 3.05) is 6.54 Å². The molecule has 2 rings (SSSR count). The molecule has 1 aromatic carbocycles. The molecular formula is C17H19NO6. The molecule has 0 aliphatic heterocycles. The normalized spacial score (nSPS) is 13.3. The Morgan fingerprint density at radius 3 is 2.33 bits per heavy atom. The van der Waals surface area contributed by atoms with E-state index in [1.807, 2.05) is 0 Å². The van der Waals surface area contributed by atoms with Crippen molar-refractivity contribution < 1.29 is 29.3 Å². The second kappa shape index (κ2) is 7.76. The van der Waals surface area contributed by atoms with Gasteiger partial charge in [0, 0.05) is 19.0 Å². The second-order valence-electron chi connectivity index (χ2n) is 5.37. The first-order chi connectivity index (χ1) is 11.4. The van der Waals surface area contributed by atoms with Gasteiger partial charge in [-0.15, -0.1) is 0 Å². The van der Waals surface area contributed by atoms with Gasteiger partial charge in [0.25, 0.3) is 0 Å². The minimum absolute atomic E-state index is 0.150. The molecular weight excluding hydrogens is 314 g/mol. The van der Waals surface area contributed by atoms with E-state index in [4.69, 9.17) is 9.52 Å². The van der Waals surface area contributed by atoms with Gasteiger partial charge in [-0.1, -0.05) is 24.3 Å². The van der Waals surface area contributed by atoms with Crippen molar-refractivity contribution in [3.05, 3.63) is 47.7 Å². The van der Waals surface area contributed by atoms with Crippen LogP contribution in [0.1, 0.15) is 35.6 Å². The summed E-state index contributed by atoms with van der Waals surface area (Å²) in [5, 5.41) is 31.5. The van der Waals surface area contributed by atoms with Crippen molar-refractivity contribution in [2.45, 2.75) is 25.6 Å². The van der Waals surface area contributed by atoms with Crippen LogP contribution < -0.4 is 5.32 Å². The Hall–Kier alpha value is -2.64. The summed E-state index contributed by atoms with van der Waals surface area (Å²) >= 11 is 0. The molecule has 2 atom stereocenters. The van der Waals surface area contributed by atoms with Crippen molar-refractivity contribution in [3.63, 3.8) is 0 Å². The van der Waals surface area contributed by atoms with E-state index in [0.29, 0.717) is 16.9 Å². The molecule has 1 aromatic heterocycles.